The van der Waals surface area contributed by atoms with Crippen LogP contribution in [0.25, 0.3) is 5.57 Å². The summed E-state index contributed by atoms with van der Waals surface area (Å²) >= 11 is 0. The SMILES string of the molecule is C=C=C(NNc1cc(C)nc(C)n1)C(C)N(C)C(=O)OC(C)(C)C.CC.CCC(C)=N/C=C(\C)c1ccccc1. The molecule has 0 radical (unpaired) electrons. The van der Waals surface area contributed by atoms with Crippen molar-refractivity contribution in [3.8, 4) is 0 Å². The third-order valence-electron chi connectivity index (χ3n) is 5.38. The van der Waals surface area contributed by atoms with Gasteiger partial charge in [-0.2, -0.15) is 0 Å². The Bertz CT molecular complexity index is 1140. The van der Waals surface area contributed by atoms with Crippen LogP contribution in [0.5, 0.6) is 0 Å². The number of aliphatic imine (C=N–C) groups is 1. The molecule has 1 amide bonds. The van der Waals surface area contributed by atoms with E-state index in [0.29, 0.717) is 17.3 Å². The number of likely N-dealkylation sites (N-methyl/N-ethyl adjacent to an activating group) is 1. The van der Waals surface area contributed by atoms with Crippen LogP contribution >= 0.6 is 0 Å². The normalized spacial score (nSPS) is 11.9. The molecule has 2 N–H and O–H groups in total. The van der Waals surface area contributed by atoms with Crippen LogP contribution < -0.4 is 10.9 Å². The zero-order valence-electron chi connectivity index (χ0n) is 26.6. The summed E-state index contributed by atoms with van der Waals surface area (Å²) in [6, 6.07) is 11.8. The molecule has 0 aliphatic rings. The van der Waals surface area contributed by atoms with Crippen molar-refractivity contribution in [1.29, 1.82) is 0 Å². The van der Waals surface area contributed by atoms with Crippen molar-refractivity contribution >= 4 is 23.2 Å². The fourth-order valence-corrected chi connectivity index (χ4v) is 2.97. The minimum Gasteiger partial charge on any atom is -0.444 e. The summed E-state index contributed by atoms with van der Waals surface area (Å²) in [5.74, 6) is 1.29. The smallest absolute Gasteiger partial charge is 0.410 e. The van der Waals surface area contributed by atoms with E-state index in [2.05, 4.69) is 71.0 Å². The second-order valence-corrected chi connectivity index (χ2v) is 9.95. The van der Waals surface area contributed by atoms with Gasteiger partial charge in [-0.05, 0) is 72.9 Å². The standard InChI is InChI=1S/C17H27N5O2.C13H17N.C2H6/c1-9-14(12(3)22(8)16(23)24-17(5,6)7)20-21-15-10-11(2)18-13(4)19-15;1-4-12(3)14-10-11(2)13-8-6-5-7-9-13;1-2/h10,12,20H,1H2,2-8H3,(H,18,19,21);5-10H,4H2,1-3H3;1-2H3/b;11-10+,14-12?;. The Balaban J connectivity index is 0.000000805. The van der Waals surface area contributed by atoms with E-state index >= 15 is 0 Å². The summed E-state index contributed by atoms with van der Waals surface area (Å²) in [5, 5.41) is 0. The Morgan fingerprint density at radius 1 is 1.18 bits per heavy atom. The van der Waals surface area contributed by atoms with Gasteiger partial charge in [0.05, 0.1) is 11.7 Å². The van der Waals surface area contributed by atoms with Crippen LogP contribution in [0, 0.1) is 13.8 Å². The first-order valence-corrected chi connectivity index (χ1v) is 13.7. The van der Waals surface area contributed by atoms with Crippen molar-refractivity contribution in [2.45, 2.75) is 94.2 Å². The van der Waals surface area contributed by atoms with Crippen molar-refractivity contribution in [1.82, 2.24) is 20.3 Å². The molecule has 2 aromatic rings. The molecule has 0 aliphatic carbocycles. The predicted molar refractivity (Wildman–Crippen MR) is 169 cm³/mol. The monoisotopic (exact) mass is 550 g/mol. The summed E-state index contributed by atoms with van der Waals surface area (Å²) < 4.78 is 5.37. The Labute approximate surface area is 242 Å². The highest BCUT2D eigenvalue weighted by Crippen LogP contribution is 2.14. The number of hydrogen-bond donors (Lipinski definition) is 2. The molecule has 1 atom stereocenters. The third-order valence-corrected chi connectivity index (χ3v) is 5.38. The van der Waals surface area contributed by atoms with E-state index in [4.69, 9.17) is 4.74 Å². The number of rotatable bonds is 8. The van der Waals surface area contributed by atoms with Crippen LogP contribution in [0.3, 0.4) is 0 Å². The molecule has 1 aromatic carbocycles. The minimum absolute atomic E-state index is 0.311. The summed E-state index contributed by atoms with van der Waals surface area (Å²) in [5.41, 5.74) is 13.3. The second-order valence-electron chi connectivity index (χ2n) is 9.95. The van der Waals surface area contributed by atoms with Crippen LogP contribution in [0.15, 0.2) is 65.6 Å². The van der Waals surface area contributed by atoms with Crippen LogP contribution in [0.4, 0.5) is 10.6 Å². The van der Waals surface area contributed by atoms with Gasteiger partial charge in [0.25, 0.3) is 0 Å². The Kier molecular flexibility index (Phi) is 16.6. The van der Waals surface area contributed by atoms with Gasteiger partial charge in [-0.1, -0.05) is 57.7 Å². The Morgan fingerprint density at radius 3 is 2.27 bits per heavy atom. The molecule has 0 spiro atoms. The quantitative estimate of drug-likeness (QED) is 0.197. The number of carbonyl (C=O) groups is 1. The number of benzene rings is 1. The number of hydrazine groups is 1. The number of aryl methyl sites for hydroxylation is 2. The fourth-order valence-electron chi connectivity index (χ4n) is 2.97. The first-order chi connectivity index (χ1) is 18.8. The highest BCUT2D eigenvalue weighted by atomic mass is 16.6. The molecule has 1 aromatic heterocycles. The zero-order chi connectivity index (χ0) is 30.9. The van der Waals surface area contributed by atoms with Gasteiger partial charge < -0.3 is 9.64 Å². The Morgan fingerprint density at radius 2 is 1.77 bits per heavy atom. The lowest BCUT2D eigenvalue weighted by Gasteiger charge is -2.29. The first-order valence-electron chi connectivity index (χ1n) is 13.7. The molecule has 40 heavy (non-hydrogen) atoms. The summed E-state index contributed by atoms with van der Waals surface area (Å²) in [7, 11) is 1.66. The molecule has 2 rings (SSSR count). The molecule has 0 fully saturated rings. The van der Waals surface area contributed by atoms with Gasteiger partial charge in [0.15, 0.2) is 0 Å². The van der Waals surface area contributed by atoms with Crippen LogP contribution in [-0.4, -0.2) is 45.4 Å². The predicted octanol–water partition coefficient (Wildman–Crippen LogP) is 7.88. The van der Waals surface area contributed by atoms with Gasteiger partial charge in [-0.25, -0.2) is 14.8 Å². The molecular weight excluding hydrogens is 500 g/mol. The lowest BCUT2D eigenvalue weighted by Crippen LogP contribution is -2.43. The second kappa shape index (κ2) is 18.4. The zero-order valence-corrected chi connectivity index (χ0v) is 26.6. The average molecular weight is 551 g/mol. The number of anilines is 1. The van der Waals surface area contributed by atoms with Gasteiger partial charge in [0.2, 0.25) is 0 Å². The number of nitrogens with one attached hydrogen (secondary N) is 2. The molecule has 0 saturated carbocycles. The molecule has 1 unspecified atom stereocenters. The summed E-state index contributed by atoms with van der Waals surface area (Å²) in [4.78, 5) is 26.5. The van der Waals surface area contributed by atoms with E-state index in [1.165, 1.54) is 21.7 Å². The van der Waals surface area contributed by atoms with Crippen molar-refractivity contribution in [2.75, 3.05) is 12.5 Å². The van der Waals surface area contributed by atoms with E-state index < -0.39 is 11.7 Å². The Hall–Kier alpha value is -3.90. The molecule has 8 nitrogen and oxygen atoms in total. The van der Waals surface area contributed by atoms with E-state index in [1.807, 2.05) is 85.9 Å². The molecule has 0 aliphatic heterocycles. The lowest BCUT2D eigenvalue weighted by atomic mass is 10.1. The van der Waals surface area contributed by atoms with E-state index in [1.54, 1.807) is 7.05 Å². The van der Waals surface area contributed by atoms with Crippen LogP contribution in [-0.2, 0) is 4.74 Å². The van der Waals surface area contributed by atoms with E-state index in [0.717, 1.165) is 12.1 Å². The summed E-state index contributed by atoms with van der Waals surface area (Å²) in [6.45, 7) is 25.0. The van der Waals surface area contributed by atoms with Crippen molar-refractivity contribution in [3.05, 3.63) is 77.7 Å². The number of nitrogens with zero attached hydrogens (tertiary/aromatic N) is 4. The number of aromatic nitrogens is 2. The maximum atomic E-state index is 12.2. The topological polar surface area (TPSA) is 91.7 Å². The lowest BCUT2D eigenvalue weighted by molar-refractivity contribution is 0.0256. The highest BCUT2D eigenvalue weighted by Gasteiger charge is 2.25. The van der Waals surface area contributed by atoms with Crippen molar-refractivity contribution in [3.63, 3.8) is 0 Å². The van der Waals surface area contributed by atoms with Gasteiger partial charge in [-0.3, -0.25) is 15.8 Å². The molecule has 220 valence electrons. The summed E-state index contributed by atoms with van der Waals surface area (Å²) in [6.07, 6.45) is 2.53. The molecule has 0 bridgehead atoms. The first kappa shape index (κ1) is 36.1. The van der Waals surface area contributed by atoms with E-state index in [9.17, 15) is 4.79 Å². The van der Waals surface area contributed by atoms with Crippen LogP contribution in [0.2, 0.25) is 0 Å². The molecule has 8 heteroatoms. The number of amides is 1. The highest BCUT2D eigenvalue weighted by molar-refractivity contribution is 5.83. The molecule has 0 saturated heterocycles. The maximum absolute atomic E-state index is 12.2. The molecular formula is C32H50N6O2. The number of allylic oxidation sites excluding steroid dienone is 1. The van der Waals surface area contributed by atoms with Gasteiger partial charge >= 0.3 is 6.09 Å². The minimum atomic E-state index is -0.551. The van der Waals surface area contributed by atoms with Crippen molar-refractivity contribution < 1.29 is 9.53 Å². The maximum Gasteiger partial charge on any atom is 0.410 e. The van der Waals surface area contributed by atoms with Gasteiger partial charge in [0, 0.05) is 30.7 Å². The third kappa shape index (κ3) is 14.3. The van der Waals surface area contributed by atoms with E-state index in [-0.39, 0.29) is 6.04 Å². The number of carbonyl (C=O) groups excluding carboxylic acids is 1. The molecule has 1 heterocycles. The fraction of sp³-hybridized carbons (Fsp3) is 0.469. The number of ether oxygens (including phenoxy) is 1. The van der Waals surface area contributed by atoms with Crippen LogP contribution in [0.1, 0.15) is 85.8 Å². The van der Waals surface area contributed by atoms with Crippen molar-refractivity contribution in [2.24, 2.45) is 4.99 Å². The van der Waals surface area contributed by atoms with Gasteiger partial charge in [0.1, 0.15) is 17.2 Å². The average Bonchev–Trinajstić information content (AvgIpc) is 2.91. The van der Waals surface area contributed by atoms with Gasteiger partial charge in [-0.15, -0.1) is 5.73 Å². The number of hydrogen-bond acceptors (Lipinski definition) is 7. The largest absolute Gasteiger partial charge is 0.444 e.